The van der Waals surface area contributed by atoms with Crippen LogP contribution in [0.5, 0.6) is 5.88 Å². The van der Waals surface area contributed by atoms with Crippen molar-refractivity contribution in [3.05, 3.63) is 89.6 Å². The van der Waals surface area contributed by atoms with Crippen molar-refractivity contribution in [1.82, 2.24) is 20.4 Å². The molecule has 0 spiro atoms. The number of carbonyl (C=O) groups excluding carboxylic acids is 2. The van der Waals surface area contributed by atoms with Crippen molar-refractivity contribution in [2.75, 3.05) is 13.2 Å². The van der Waals surface area contributed by atoms with E-state index in [1.165, 1.54) is 16.7 Å². The van der Waals surface area contributed by atoms with E-state index < -0.39 is 30.1 Å². The van der Waals surface area contributed by atoms with E-state index in [1.54, 1.807) is 12.1 Å². The van der Waals surface area contributed by atoms with Gasteiger partial charge < -0.3 is 15.0 Å². The number of benzene rings is 2. The third kappa shape index (κ3) is 6.01. The van der Waals surface area contributed by atoms with E-state index in [-0.39, 0.29) is 25.5 Å². The molecule has 2 heterocycles. The summed E-state index contributed by atoms with van der Waals surface area (Å²) < 4.78 is 19.7. The van der Waals surface area contributed by atoms with Gasteiger partial charge in [0.05, 0.1) is 12.6 Å². The van der Waals surface area contributed by atoms with E-state index in [4.69, 9.17) is 4.74 Å². The summed E-state index contributed by atoms with van der Waals surface area (Å²) in [6, 6.07) is 19.5. The Morgan fingerprint density at radius 1 is 1.03 bits per heavy atom. The highest BCUT2D eigenvalue weighted by Crippen LogP contribution is 2.27. The molecule has 8 heteroatoms. The highest BCUT2D eigenvalue weighted by molar-refractivity contribution is 5.89. The van der Waals surface area contributed by atoms with Crippen LogP contribution in [0.4, 0.5) is 4.39 Å². The molecule has 1 fully saturated rings. The standard InChI is InChI=1S/C27H29FN4O3/c1-18(2)19-10-12-21(13-11-19)26(20-7-4-3-5-8-20)30-27(34)23-15-22(28)16-32(23)25(33)17-35-24-9-6-14-29-31-24/h3-14,18,22-23,26H,15-17H2,1-2H3,(H,30,34)/t22-,23?,26+/m1/s1. The Bertz CT molecular complexity index is 1130. The maximum absolute atomic E-state index is 14.4. The number of alkyl halides is 1. The zero-order valence-electron chi connectivity index (χ0n) is 19.8. The first kappa shape index (κ1) is 24.3. The first-order valence-corrected chi connectivity index (χ1v) is 11.7. The summed E-state index contributed by atoms with van der Waals surface area (Å²) in [5.41, 5.74) is 3.01. The van der Waals surface area contributed by atoms with E-state index in [1.807, 2.05) is 42.5 Å². The van der Waals surface area contributed by atoms with Gasteiger partial charge >= 0.3 is 0 Å². The van der Waals surface area contributed by atoms with Crippen molar-refractivity contribution in [3.63, 3.8) is 0 Å². The molecule has 1 aromatic heterocycles. The number of hydrogen-bond acceptors (Lipinski definition) is 5. The summed E-state index contributed by atoms with van der Waals surface area (Å²) in [6.07, 6.45) is 0.144. The minimum atomic E-state index is -1.29. The third-order valence-electron chi connectivity index (χ3n) is 6.12. The number of rotatable bonds is 8. The van der Waals surface area contributed by atoms with Crippen LogP contribution in [0.1, 0.15) is 48.9 Å². The topological polar surface area (TPSA) is 84.4 Å². The fourth-order valence-corrected chi connectivity index (χ4v) is 4.21. The largest absolute Gasteiger partial charge is 0.466 e. The molecular weight excluding hydrogens is 447 g/mol. The lowest BCUT2D eigenvalue weighted by molar-refractivity contribution is -0.140. The predicted molar refractivity (Wildman–Crippen MR) is 129 cm³/mol. The number of nitrogens with zero attached hydrogens (tertiary/aromatic N) is 3. The Morgan fingerprint density at radius 3 is 2.37 bits per heavy atom. The van der Waals surface area contributed by atoms with Gasteiger partial charge in [-0.25, -0.2) is 4.39 Å². The quantitative estimate of drug-likeness (QED) is 0.534. The average Bonchev–Trinajstić information content (AvgIpc) is 3.29. The van der Waals surface area contributed by atoms with Crippen LogP contribution in [0, 0.1) is 0 Å². The highest BCUT2D eigenvalue weighted by atomic mass is 19.1. The van der Waals surface area contributed by atoms with Crippen LogP contribution >= 0.6 is 0 Å². The molecule has 1 aliphatic rings. The van der Waals surface area contributed by atoms with Crippen LogP contribution in [0.25, 0.3) is 0 Å². The molecular formula is C27H29FN4O3. The summed E-state index contributed by atoms with van der Waals surface area (Å²) in [4.78, 5) is 27.4. The highest BCUT2D eigenvalue weighted by Gasteiger charge is 2.40. The van der Waals surface area contributed by atoms with Gasteiger partial charge in [0.15, 0.2) is 6.61 Å². The van der Waals surface area contributed by atoms with Crippen molar-refractivity contribution in [1.29, 1.82) is 0 Å². The van der Waals surface area contributed by atoms with Crippen LogP contribution in [-0.2, 0) is 9.59 Å². The Balaban J connectivity index is 1.51. The van der Waals surface area contributed by atoms with Gasteiger partial charge in [0, 0.05) is 18.7 Å². The van der Waals surface area contributed by atoms with Gasteiger partial charge in [-0.3, -0.25) is 9.59 Å². The van der Waals surface area contributed by atoms with Crippen LogP contribution in [0.15, 0.2) is 72.9 Å². The molecule has 3 aromatic rings. The van der Waals surface area contributed by atoms with E-state index in [0.717, 1.165) is 11.1 Å². The van der Waals surface area contributed by atoms with Gasteiger partial charge in [-0.1, -0.05) is 68.4 Å². The monoisotopic (exact) mass is 476 g/mol. The molecule has 1 saturated heterocycles. The number of aromatic nitrogens is 2. The number of ether oxygens (including phenoxy) is 1. The average molecular weight is 477 g/mol. The second-order valence-electron chi connectivity index (χ2n) is 8.92. The maximum atomic E-state index is 14.4. The SMILES string of the molecule is CC(C)c1ccc([C@@H](NC(=O)C2C[C@@H](F)CN2C(=O)COc2cccnn2)c2ccccc2)cc1. The first-order valence-electron chi connectivity index (χ1n) is 11.7. The Kier molecular flexibility index (Phi) is 7.70. The van der Waals surface area contributed by atoms with Crippen LogP contribution in [0.2, 0.25) is 0 Å². The molecule has 7 nitrogen and oxygen atoms in total. The molecule has 2 aromatic carbocycles. The van der Waals surface area contributed by atoms with Gasteiger partial charge in [0.2, 0.25) is 11.8 Å². The van der Waals surface area contributed by atoms with Crippen molar-refractivity contribution >= 4 is 11.8 Å². The third-order valence-corrected chi connectivity index (χ3v) is 6.12. The van der Waals surface area contributed by atoms with Crippen molar-refractivity contribution in [2.24, 2.45) is 0 Å². The fraction of sp³-hybridized carbons (Fsp3) is 0.333. The number of halogens is 1. The van der Waals surface area contributed by atoms with Gasteiger partial charge in [-0.2, -0.15) is 5.10 Å². The van der Waals surface area contributed by atoms with Gasteiger partial charge in [-0.15, -0.1) is 5.10 Å². The fourth-order valence-electron chi connectivity index (χ4n) is 4.21. The minimum Gasteiger partial charge on any atom is -0.466 e. The zero-order chi connectivity index (χ0) is 24.8. The van der Waals surface area contributed by atoms with E-state index >= 15 is 0 Å². The molecule has 1 unspecified atom stereocenters. The second-order valence-corrected chi connectivity index (χ2v) is 8.92. The van der Waals surface area contributed by atoms with Crippen LogP contribution < -0.4 is 10.1 Å². The van der Waals surface area contributed by atoms with E-state index in [0.29, 0.717) is 5.92 Å². The maximum Gasteiger partial charge on any atom is 0.261 e. The summed E-state index contributed by atoms with van der Waals surface area (Å²) in [6.45, 7) is 3.74. The lowest BCUT2D eigenvalue weighted by Gasteiger charge is -2.27. The van der Waals surface area contributed by atoms with Gasteiger partial charge in [-0.05, 0) is 28.7 Å². The van der Waals surface area contributed by atoms with Gasteiger partial charge in [0.25, 0.3) is 5.91 Å². The molecule has 3 atom stereocenters. The molecule has 35 heavy (non-hydrogen) atoms. The molecule has 182 valence electrons. The zero-order valence-corrected chi connectivity index (χ0v) is 19.8. The smallest absolute Gasteiger partial charge is 0.261 e. The lowest BCUT2D eigenvalue weighted by Crippen LogP contribution is -2.48. The number of likely N-dealkylation sites (tertiary alicyclic amines) is 1. The predicted octanol–water partition coefficient (Wildman–Crippen LogP) is 3.82. The summed E-state index contributed by atoms with van der Waals surface area (Å²) >= 11 is 0. The molecule has 2 amide bonds. The molecule has 4 rings (SSSR count). The van der Waals surface area contributed by atoms with E-state index in [2.05, 4.69) is 41.5 Å². The lowest BCUT2D eigenvalue weighted by atomic mass is 9.95. The molecule has 1 aliphatic heterocycles. The first-order chi connectivity index (χ1) is 16.9. The van der Waals surface area contributed by atoms with Crippen molar-refractivity contribution in [3.8, 4) is 5.88 Å². The molecule has 0 radical (unpaired) electrons. The van der Waals surface area contributed by atoms with E-state index in [9.17, 15) is 14.0 Å². The van der Waals surface area contributed by atoms with Crippen LogP contribution in [-0.4, -0.2) is 52.3 Å². The normalized spacial score (nSPS) is 18.3. The summed E-state index contributed by atoms with van der Waals surface area (Å²) in [7, 11) is 0. The molecule has 0 aliphatic carbocycles. The molecule has 0 saturated carbocycles. The Morgan fingerprint density at radius 2 is 1.71 bits per heavy atom. The van der Waals surface area contributed by atoms with Crippen LogP contribution in [0.3, 0.4) is 0 Å². The second kappa shape index (κ2) is 11.1. The number of amides is 2. The van der Waals surface area contributed by atoms with Gasteiger partial charge in [0.1, 0.15) is 12.2 Å². The van der Waals surface area contributed by atoms with Crippen molar-refractivity contribution in [2.45, 2.75) is 44.4 Å². The number of hydrogen-bond donors (Lipinski definition) is 1. The molecule has 0 bridgehead atoms. The number of nitrogens with one attached hydrogen (secondary N) is 1. The molecule has 1 N–H and O–H groups in total. The summed E-state index contributed by atoms with van der Waals surface area (Å²) in [5, 5.41) is 10.5. The van der Waals surface area contributed by atoms with Crippen molar-refractivity contribution < 1.29 is 18.7 Å². The number of carbonyl (C=O) groups is 2. The Labute approximate surface area is 204 Å². The Hall–Kier alpha value is -3.81. The summed E-state index contributed by atoms with van der Waals surface area (Å²) in [5.74, 6) is -0.308. The minimum absolute atomic E-state index is 0.0590.